The van der Waals surface area contributed by atoms with Crippen molar-refractivity contribution >= 4 is 27.5 Å². The van der Waals surface area contributed by atoms with Crippen molar-refractivity contribution in [3.05, 3.63) is 71.1 Å². The largest absolute Gasteiger partial charge is 0.345 e. The number of nitrogens with zero attached hydrogens (tertiary/aromatic N) is 3. The number of aromatic nitrogens is 2. The van der Waals surface area contributed by atoms with E-state index in [9.17, 15) is 13.2 Å². The van der Waals surface area contributed by atoms with Crippen LogP contribution >= 0.6 is 11.6 Å². The SMILES string of the molecule is CN([C@@H](C(=O)NCc1nc(-c2cccc(Cl)c2)no1)c1ccccc1)S(C)(=O)=O. The van der Waals surface area contributed by atoms with Gasteiger partial charge in [0.25, 0.3) is 0 Å². The van der Waals surface area contributed by atoms with Crippen molar-refractivity contribution in [3.63, 3.8) is 0 Å². The third-order valence-electron chi connectivity index (χ3n) is 4.22. The summed E-state index contributed by atoms with van der Waals surface area (Å²) in [5.41, 5.74) is 1.22. The minimum absolute atomic E-state index is 0.0483. The van der Waals surface area contributed by atoms with Crippen molar-refractivity contribution in [2.45, 2.75) is 12.6 Å². The molecule has 0 radical (unpaired) electrons. The Kier molecular flexibility index (Phi) is 6.31. The zero-order chi connectivity index (χ0) is 21.0. The third-order valence-corrected chi connectivity index (χ3v) is 5.71. The number of halogens is 1. The van der Waals surface area contributed by atoms with Gasteiger partial charge in [0, 0.05) is 17.6 Å². The van der Waals surface area contributed by atoms with E-state index in [4.69, 9.17) is 16.1 Å². The lowest BCUT2D eigenvalue weighted by Crippen LogP contribution is -2.41. The van der Waals surface area contributed by atoms with E-state index in [1.165, 1.54) is 7.05 Å². The van der Waals surface area contributed by atoms with Crippen LogP contribution in [0.4, 0.5) is 0 Å². The second kappa shape index (κ2) is 8.73. The molecule has 152 valence electrons. The summed E-state index contributed by atoms with van der Waals surface area (Å²) >= 11 is 5.97. The molecular weight excluding hydrogens is 416 g/mol. The first-order chi connectivity index (χ1) is 13.8. The van der Waals surface area contributed by atoms with Gasteiger partial charge in [-0.15, -0.1) is 0 Å². The first kappa shape index (κ1) is 21.0. The lowest BCUT2D eigenvalue weighted by molar-refractivity contribution is -0.125. The monoisotopic (exact) mass is 434 g/mol. The van der Waals surface area contributed by atoms with Gasteiger partial charge >= 0.3 is 0 Å². The molecule has 1 heterocycles. The predicted molar refractivity (Wildman–Crippen MR) is 108 cm³/mol. The molecule has 1 amide bonds. The molecule has 0 unspecified atom stereocenters. The first-order valence-electron chi connectivity index (χ1n) is 8.60. The standard InChI is InChI=1S/C19H19ClN4O4S/c1-24(29(2,26)27)17(13-7-4-3-5-8-13)19(25)21-12-16-22-18(23-28-16)14-9-6-10-15(20)11-14/h3-11,17H,12H2,1-2H3,(H,21,25)/t17-/m1/s1. The Bertz CT molecular complexity index is 1100. The molecule has 0 bridgehead atoms. The Balaban J connectivity index is 1.75. The van der Waals surface area contributed by atoms with Gasteiger partial charge in [-0.3, -0.25) is 4.79 Å². The molecule has 29 heavy (non-hydrogen) atoms. The van der Waals surface area contributed by atoms with Gasteiger partial charge in [0.2, 0.25) is 27.6 Å². The minimum Gasteiger partial charge on any atom is -0.345 e. The van der Waals surface area contributed by atoms with Gasteiger partial charge in [0.05, 0.1) is 12.8 Å². The fourth-order valence-corrected chi connectivity index (χ4v) is 3.47. The number of benzene rings is 2. The van der Waals surface area contributed by atoms with Gasteiger partial charge in [-0.2, -0.15) is 9.29 Å². The van der Waals surface area contributed by atoms with Crippen molar-refractivity contribution < 1.29 is 17.7 Å². The number of likely N-dealkylation sites (N-methyl/N-ethyl adjacent to an activating group) is 1. The number of rotatable bonds is 7. The Morgan fingerprint density at radius 3 is 2.59 bits per heavy atom. The summed E-state index contributed by atoms with van der Waals surface area (Å²) in [6.45, 7) is -0.0483. The summed E-state index contributed by atoms with van der Waals surface area (Å²) in [6.07, 6.45) is 1.05. The highest BCUT2D eigenvalue weighted by molar-refractivity contribution is 7.88. The van der Waals surface area contributed by atoms with Gasteiger partial charge in [-0.25, -0.2) is 8.42 Å². The number of amides is 1. The summed E-state index contributed by atoms with van der Waals surface area (Å²) in [5.74, 6) is 0.0124. The molecule has 1 aromatic heterocycles. The summed E-state index contributed by atoms with van der Waals surface area (Å²) in [4.78, 5) is 17.0. The highest BCUT2D eigenvalue weighted by Gasteiger charge is 2.30. The zero-order valence-electron chi connectivity index (χ0n) is 15.7. The molecule has 2 aromatic carbocycles. The average Bonchev–Trinajstić information content (AvgIpc) is 3.16. The second-order valence-electron chi connectivity index (χ2n) is 6.33. The van der Waals surface area contributed by atoms with Crippen LogP contribution in [0.25, 0.3) is 11.4 Å². The molecule has 3 rings (SSSR count). The quantitative estimate of drug-likeness (QED) is 0.612. The highest BCUT2D eigenvalue weighted by atomic mass is 35.5. The lowest BCUT2D eigenvalue weighted by atomic mass is 10.1. The molecule has 0 aliphatic heterocycles. The van der Waals surface area contributed by atoms with Crippen LogP contribution in [0.2, 0.25) is 5.02 Å². The van der Waals surface area contributed by atoms with Gasteiger partial charge in [0.15, 0.2) is 0 Å². The first-order valence-corrected chi connectivity index (χ1v) is 10.8. The Labute approximate surface area is 173 Å². The molecule has 0 aliphatic carbocycles. The molecular formula is C19H19ClN4O4S. The minimum atomic E-state index is -3.61. The van der Waals surface area contributed by atoms with E-state index in [1.807, 2.05) is 0 Å². The molecule has 0 saturated heterocycles. The fourth-order valence-electron chi connectivity index (χ4n) is 2.68. The van der Waals surface area contributed by atoms with E-state index in [-0.39, 0.29) is 12.4 Å². The van der Waals surface area contributed by atoms with Crippen molar-refractivity contribution in [2.75, 3.05) is 13.3 Å². The number of hydrogen-bond donors (Lipinski definition) is 1. The topological polar surface area (TPSA) is 105 Å². The summed E-state index contributed by atoms with van der Waals surface area (Å²) in [7, 11) is -2.25. The smallest absolute Gasteiger partial charge is 0.246 e. The van der Waals surface area contributed by atoms with E-state index >= 15 is 0 Å². The van der Waals surface area contributed by atoms with Crippen LogP contribution in [-0.4, -0.2) is 42.1 Å². The Morgan fingerprint density at radius 1 is 1.21 bits per heavy atom. The number of carbonyl (C=O) groups is 1. The molecule has 0 fully saturated rings. The molecule has 0 spiro atoms. The maximum Gasteiger partial charge on any atom is 0.246 e. The van der Waals surface area contributed by atoms with Gasteiger partial charge < -0.3 is 9.84 Å². The average molecular weight is 435 g/mol. The molecule has 0 aliphatic rings. The molecule has 1 N–H and O–H groups in total. The van der Waals surface area contributed by atoms with Crippen LogP contribution in [0.15, 0.2) is 59.1 Å². The van der Waals surface area contributed by atoms with Crippen molar-refractivity contribution in [1.82, 2.24) is 19.8 Å². The van der Waals surface area contributed by atoms with Gasteiger partial charge in [0.1, 0.15) is 6.04 Å². The number of hydrogen-bond acceptors (Lipinski definition) is 6. The highest BCUT2D eigenvalue weighted by Crippen LogP contribution is 2.23. The van der Waals surface area contributed by atoms with Crippen LogP contribution in [-0.2, 0) is 21.4 Å². The van der Waals surface area contributed by atoms with E-state index in [2.05, 4.69) is 15.5 Å². The van der Waals surface area contributed by atoms with Crippen molar-refractivity contribution in [1.29, 1.82) is 0 Å². The van der Waals surface area contributed by atoms with Crippen LogP contribution in [0.1, 0.15) is 17.5 Å². The van der Waals surface area contributed by atoms with Gasteiger partial charge in [-0.1, -0.05) is 59.2 Å². The zero-order valence-corrected chi connectivity index (χ0v) is 17.3. The normalized spacial score (nSPS) is 12.7. The maximum absolute atomic E-state index is 12.8. The van der Waals surface area contributed by atoms with Crippen molar-refractivity contribution in [3.8, 4) is 11.4 Å². The summed E-state index contributed by atoms with van der Waals surface area (Å²) < 4.78 is 30.2. The third kappa shape index (κ3) is 5.20. The fraction of sp³-hybridized carbons (Fsp3) is 0.211. The van der Waals surface area contributed by atoms with E-state index in [0.29, 0.717) is 22.0 Å². The van der Waals surface area contributed by atoms with Crippen LogP contribution < -0.4 is 5.32 Å². The number of carbonyl (C=O) groups excluding carboxylic acids is 1. The molecule has 1 atom stereocenters. The second-order valence-corrected chi connectivity index (χ2v) is 8.81. The molecule has 0 saturated carbocycles. The Hall–Kier alpha value is -2.75. The Morgan fingerprint density at radius 2 is 1.93 bits per heavy atom. The van der Waals surface area contributed by atoms with E-state index < -0.39 is 22.0 Å². The van der Waals surface area contributed by atoms with Crippen molar-refractivity contribution in [2.24, 2.45) is 0 Å². The number of sulfonamides is 1. The predicted octanol–water partition coefficient (Wildman–Crippen LogP) is 2.64. The lowest BCUT2D eigenvalue weighted by Gasteiger charge is -2.25. The van der Waals surface area contributed by atoms with Crippen LogP contribution in [0, 0.1) is 0 Å². The molecule has 3 aromatic rings. The maximum atomic E-state index is 12.8. The summed E-state index contributed by atoms with van der Waals surface area (Å²) in [5, 5.41) is 7.08. The number of nitrogens with one attached hydrogen (secondary N) is 1. The molecule has 8 nitrogen and oxygen atoms in total. The van der Waals surface area contributed by atoms with E-state index in [1.54, 1.807) is 54.6 Å². The van der Waals surface area contributed by atoms with Gasteiger partial charge in [-0.05, 0) is 17.7 Å². The molecule has 10 heteroatoms. The van der Waals surface area contributed by atoms with Crippen LogP contribution in [0.5, 0.6) is 0 Å². The summed E-state index contributed by atoms with van der Waals surface area (Å²) in [6, 6.07) is 14.6. The van der Waals surface area contributed by atoms with Crippen LogP contribution in [0.3, 0.4) is 0 Å². The van der Waals surface area contributed by atoms with E-state index in [0.717, 1.165) is 10.6 Å².